The molecule has 1 aliphatic rings. The fraction of sp³-hybridized carbons (Fsp3) is 0.500. The predicted octanol–water partition coefficient (Wildman–Crippen LogP) is 1.70. The first-order chi connectivity index (χ1) is 9.20. The maximum Gasteiger partial charge on any atom is 0.251 e. The lowest BCUT2D eigenvalue weighted by molar-refractivity contribution is 0.0169. The van der Waals surface area contributed by atoms with Gasteiger partial charge in [0.1, 0.15) is 0 Å². The molecule has 0 spiro atoms. The van der Waals surface area contributed by atoms with Crippen LogP contribution in [0.4, 0.5) is 0 Å². The van der Waals surface area contributed by atoms with Crippen molar-refractivity contribution in [1.82, 2.24) is 5.32 Å². The fourth-order valence-corrected chi connectivity index (χ4v) is 2.11. The SMILES string of the molecule is COc1ccc(C(=O)NCC2CCCCO2)cc1O. The lowest BCUT2D eigenvalue weighted by atomic mass is 10.1. The van der Waals surface area contributed by atoms with Crippen molar-refractivity contribution in [3.8, 4) is 11.5 Å². The molecule has 2 rings (SSSR count). The van der Waals surface area contributed by atoms with Crippen molar-refractivity contribution in [2.45, 2.75) is 25.4 Å². The van der Waals surface area contributed by atoms with E-state index in [1.165, 1.54) is 13.2 Å². The van der Waals surface area contributed by atoms with Gasteiger partial charge >= 0.3 is 0 Å². The highest BCUT2D eigenvalue weighted by atomic mass is 16.5. The summed E-state index contributed by atoms with van der Waals surface area (Å²) in [5.74, 6) is 0.100. The minimum Gasteiger partial charge on any atom is -0.504 e. The molecular weight excluding hydrogens is 246 g/mol. The molecule has 1 aromatic rings. The van der Waals surface area contributed by atoms with Crippen molar-refractivity contribution in [2.75, 3.05) is 20.3 Å². The van der Waals surface area contributed by atoms with Gasteiger partial charge < -0.3 is 19.9 Å². The molecule has 1 fully saturated rings. The van der Waals surface area contributed by atoms with Crippen molar-refractivity contribution in [1.29, 1.82) is 0 Å². The van der Waals surface area contributed by atoms with E-state index in [0.29, 0.717) is 17.9 Å². The number of carbonyl (C=O) groups is 1. The summed E-state index contributed by atoms with van der Waals surface area (Å²) in [5.41, 5.74) is 0.411. The van der Waals surface area contributed by atoms with Gasteiger partial charge in [-0.2, -0.15) is 0 Å². The number of benzene rings is 1. The Morgan fingerprint density at radius 1 is 1.53 bits per heavy atom. The van der Waals surface area contributed by atoms with Gasteiger partial charge in [0.2, 0.25) is 0 Å². The van der Waals surface area contributed by atoms with Gasteiger partial charge in [-0.05, 0) is 37.5 Å². The van der Waals surface area contributed by atoms with Crippen LogP contribution in [0.25, 0.3) is 0 Å². The summed E-state index contributed by atoms with van der Waals surface area (Å²) in [4.78, 5) is 11.9. The van der Waals surface area contributed by atoms with E-state index < -0.39 is 0 Å². The summed E-state index contributed by atoms with van der Waals surface area (Å²) in [7, 11) is 1.47. The molecule has 1 amide bonds. The van der Waals surface area contributed by atoms with E-state index in [-0.39, 0.29) is 17.8 Å². The molecule has 1 heterocycles. The zero-order valence-electron chi connectivity index (χ0n) is 11.0. The van der Waals surface area contributed by atoms with Crippen LogP contribution in [0.1, 0.15) is 29.6 Å². The molecule has 1 aromatic carbocycles. The van der Waals surface area contributed by atoms with Crippen LogP contribution in [0.3, 0.4) is 0 Å². The van der Waals surface area contributed by atoms with Gasteiger partial charge in [-0.15, -0.1) is 0 Å². The number of hydrogen-bond acceptors (Lipinski definition) is 4. The predicted molar refractivity (Wildman–Crippen MR) is 70.6 cm³/mol. The van der Waals surface area contributed by atoms with E-state index in [1.54, 1.807) is 12.1 Å². The van der Waals surface area contributed by atoms with Gasteiger partial charge in [0.15, 0.2) is 11.5 Å². The Morgan fingerprint density at radius 2 is 2.37 bits per heavy atom. The van der Waals surface area contributed by atoms with E-state index in [9.17, 15) is 9.90 Å². The van der Waals surface area contributed by atoms with E-state index in [2.05, 4.69) is 5.32 Å². The minimum atomic E-state index is -0.216. The molecule has 0 bridgehead atoms. The van der Waals surface area contributed by atoms with Gasteiger partial charge in [0.05, 0.1) is 13.2 Å². The number of hydrogen-bond donors (Lipinski definition) is 2. The molecule has 1 unspecified atom stereocenters. The Bertz CT molecular complexity index is 441. The Kier molecular flexibility index (Phi) is 4.63. The Hall–Kier alpha value is -1.75. The number of nitrogens with one attached hydrogen (secondary N) is 1. The summed E-state index contributed by atoms with van der Waals surface area (Å²) in [6, 6.07) is 4.59. The molecule has 104 valence electrons. The molecule has 5 heteroatoms. The number of aromatic hydroxyl groups is 1. The molecule has 1 saturated heterocycles. The number of phenols is 1. The molecule has 0 radical (unpaired) electrons. The van der Waals surface area contributed by atoms with Gasteiger partial charge in [0.25, 0.3) is 5.91 Å². The first-order valence-electron chi connectivity index (χ1n) is 6.47. The number of carbonyl (C=O) groups excluding carboxylic acids is 1. The highest BCUT2D eigenvalue weighted by Crippen LogP contribution is 2.26. The Labute approximate surface area is 112 Å². The van der Waals surface area contributed by atoms with Crippen LogP contribution in [0.15, 0.2) is 18.2 Å². The monoisotopic (exact) mass is 265 g/mol. The van der Waals surface area contributed by atoms with Crippen LogP contribution in [0, 0.1) is 0 Å². The zero-order valence-corrected chi connectivity index (χ0v) is 11.0. The topological polar surface area (TPSA) is 67.8 Å². The van der Waals surface area contributed by atoms with Crippen LogP contribution < -0.4 is 10.1 Å². The lowest BCUT2D eigenvalue weighted by Gasteiger charge is -2.22. The van der Waals surface area contributed by atoms with Crippen molar-refractivity contribution >= 4 is 5.91 Å². The highest BCUT2D eigenvalue weighted by Gasteiger charge is 2.16. The van der Waals surface area contributed by atoms with Crippen LogP contribution in [-0.4, -0.2) is 37.4 Å². The molecule has 0 aromatic heterocycles. The molecule has 1 aliphatic heterocycles. The van der Waals surface area contributed by atoms with Crippen LogP contribution in [0.5, 0.6) is 11.5 Å². The second-order valence-electron chi connectivity index (χ2n) is 4.59. The maximum atomic E-state index is 11.9. The summed E-state index contributed by atoms with van der Waals surface area (Å²) < 4.78 is 10.5. The smallest absolute Gasteiger partial charge is 0.251 e. The normalized spacial score (nSPS) is 18.9. The van der Waals surface area contributed by atoms with Crippen LogP contribution >= 0.6 is 0 Å². The molecule has 19 heavy (non-hydrogen) atoms. The van der Waals surface area contributed by atoms with Crippen LogP contribution in [0.2, 0.25) is 0 Å². The van der Waals surface area contributed by atoms with Gasteiger partial charge in [0, 0.05) is 18.7 Å². The van der Waals surface area contributed by atoms with Crippen molar-refractivity contribution < 1.29 is 19.4 Å². The summed E-state index contributed by atoms with van der Waals surface area (Å²) >= 11 is 0. The standard InChI is InChI=1S/C14H19NO4/c1-18-13-6-5-10(8-12(13)16)14(17)15-9-11-4-2-3-7-19-11/h5-6,8,11,16H,2-4,7,9H2,1H3,(H,15,17). The summed E-state index contributed by atoms with van der Waals surface area (Å²) in [6.07, 6.45) is 3.32. The number of ether oxygens (including phenoxy) is 2. The molecule has 2 N–H and O–H groups in total. The third-order valence-electron chi connectivity index (χ3n) is 3.21. The van der Waals surface area contributed by atoms with Gasteiger partial charge in [-0.1, -0.05) is 0 Å². The summed E-state index contributed by atoms with van der Waals surface area (Å²) in [6.45, 7) is 1.27. The molecule has 1 atom stereocenters. The molecular formula is C14H19NO4. The first-order valence-corrected chi connectivity index (χ1v) is 6.47. The van der Waals surface area contributed by atoms with E-state index >= 15 is 0 Å². The third-order valence-corrected chi connectivity index (χ3v) is 3.21. The van der Waals surface area contributed by atoms with E-state index in [4.69, 9.17) is 9.47 Å². The molecule has 0 saturated carbocycles. The fourth-order valence-electron chi connectivity index (χ4n) is 2.11. The second kappa shape index (κ2) is 6.43. The van der Waals surface area contributed by atoms with Crippen molar-refractivity contribution in [2.24, 2.45) is 0 Å². The second-order valence-corrected chi connectivity index (χ2v) is 4.59. The lowest BCUT2D eigenvalue weighted by Crippen LogP contribution is -2.35. The van der Waals surface area contributed by atoms with E-state index in [0.717, 1.165) is 25.9 Å². The average Bonchev–Trinajstić information content (AvgIpc) is 2.45. The molecule has 0 aliphatic carbocycles. The van der Waals surface area contributed by atoms with Gasteiger partial charge in [-0.3, -0.25) is 4.79 Å². The quantitative estimate of drug-likeness (QED) is 0.869. The van der Waals surface area contributed by atoms with Crippen molar-refractivity contribution in [3.63, 3.8) is 0 Å². The molecule has 5 nitrogen and oxygen atoms in total. The third kappa shape index (κ3) is 3.61. The number of amides is 1. The number of methoxy groups -OCH3 is 1. The van der Waals surface area contributed by atoms with Crippen molar-refractivity contribution in [3.05, 3.63) is 23.8 Å². The minimum absolute atomic E-state index is 0.0379. The zero-order chi connectivity index (χ0) is 13.7. The first kappa shape index (κ1) is 13.7. The summed E-state index contributed by atoms with van der Waals surface area (Å²) in [5, 5.41) is 12.4. The maximum absolute atomic E-state index is 11.9. The van der Waals surface area contributed by atoms with E-state index in [1.807, 2.05) is 0 Å². The Morgan fingerprint density at radius 3 is 3.00 bits per heavy atom. The highest BCUT2D eigenvalue weighted by molar-refractivity contribution is 5.94. The van der Waals surface area contributed by atoms with Gasteiger partial charge in [-0.25, -0.2) is 0 Å². The Balaban J connectivity index is 1.90. The number of phenolic OH excluding ortho intramolecular Hbond substituents is 1. The largest absolute Gasteiger partial charge is 0.504 e. The van der Waals surface area contributed by atoms with Crippen LogP contribution in [-0.2, 0) is 4.74 Å². The average molecular weight is 265 g/mol. The number of rotatable bonds is 4.